The van der Waals surface area contributed by atoms with Crippen LogP contribution in [0.5, 0.6) is 0 Å². The van der Waals surface area contributed by atoms with Crippen LogP contribution >= 0.6 is 0 Å². The van der Waals surface area contributed by atoms with Gasteiger partial charge in [-0.1, -0.05) is 13.3 Å². The lowest BCUT2D eigenvalue weighted by atomic mass is 9.86. The van der Waals surface area contributed by atoms with Crippen molar-refractivity contribution in [2.45, 2.75) is 70.4 Å². The third kappa shape index (κ3) is 3.64. The van der Waals surface area contributed by atoms with Crippen molar-refractivity contribution >= 4 is 12.0 Å². The monoisotopic (exact) mass is 282 g/mol. The number of hydrogen-bond donors (Lipinski definition) is 2. The molecule has 114 valence electrons. The topological polar surface area (TPSA) is 69.6 Å². The van der Waals surface area contributed by atoms with Crippen LogP contribution in [0.1, 0.15) is 58.3 Å². The van der Waals surface area contributed by atoms with Gasteiger partial charge < -0.3 is 15.3 Å². The van der Waals surface area contributed by atoms with E-state index in [2.05, 4.69) is 12.2 Å². The summed E-state index contributed by atoms with van der Waals surface area (Å²) >= 11 is 0. The number of rotatable bonds is 3. The lowest BCUT2D eigenvalue weighted by molar-refractivity contribution is -0.143. The maximum atomic E-state index is 12.4. The summed E-state index contributed by atoms with van der Waals surface area (Å²) in [6, 6.07) is 0.381. The minimum absolute atomic E-state index is 0.00703. The smallest absolute Gasteiger partial charge is 0.317 e. The number of hydrogen-bond acceptors (Lipinski definition) is 2. The van der Waals surface area contributed by atoms with Crippen LogP contribution in [0.3, 0.4) is 0 Å². The molecule has 3 atom stereocenters. The van der Waals surface area contributed by atoms with Crippen molar-refractivity contribution in [3.63, 3.8) is 0 Å². The van der Waals surface area contributed by atoms with Crippen LogP contribution in [-0.2, 0) is 4.79 Å². The van der Waals surface area contributed by atoms with Gasteiger partial charge in [0.1, 0.15) is 0 Å². The Morgan fingerprint density at radius 2 is 2.00 bits per heavy atom. The molecule has 3 unspecified atom stereocenters. The summed E-state index contributed by atoms with van der Waals surface area (Å²) in [5.74, 6) is -1.02. The highest BCUT2D eigenvalue weighted by Gasteiger charge is 2.31. The summed E-state index contributed by atoms with van der Waals surface area (Å²) in [6.45, 7) is 2.96. The minimum Gasteiger partial charge on any atom is -0.481 e. The molecule has 0 aromatic heterocycles. The third-order valence-corrected chi connectivity index (χ3v) is 4.71. The predicted octanol–water partition coefficient (Wildman–Crippen LogP) is 2.60. The first-order chi connectivity index (χ1) is 9.61. The number of nitrogens with one attached hydrogen (secondary N) is 1. The van der Waals surface area contributed by atoms with E-state index >= 15 is 0 Å². The number of carbonyl (C=O) groups is 2. The molecule has 0 radical (unpaired) electrons. The zero-order valence-electron chi connectivity index (χ0n) is 12.3. The fourth-order valence-corrected chi connectivity index (χ4v) is 3.50. The number of carboxylic acids is 1. The quantitative estimate of drug-likeness (QED) is 0.836. The number of aliphatic carboxylic acids is 1. The standard InChI is InChI=1S/C15H26N2O3/c1-2-13-8-3-4-9-17(13)15(20)16-12-7-5-6-11(10-12)14(18)19/h11-13H,2-10H2,1H3,(H,16,20)(H,18,19). The Labute approximate surface area is 120 Å². The SMILES string of the molecule is CCC1CCCCN1C(=O)NC1CCCC(C(=O)O)C1. The Morgan fingerprint density at radius 1 is 1.20 bits per heavy atom. The Morgan fingerprint density at radius 3 is 2.70 bits per heavy atom. The van der Waals surface area contributed by atoms with Gasteiger partial charge in [-0.15, -0.1) is 0 Å². The van der Waals surface area contributed by atoms with Gasteiger partial charge in [-0.05, 0) is 44.9 Å². The van der Waals surface area contributed by atoms with E-state index in [1.165, 1.54) is 6.42 Å². The van der Waals surface area contributed by atoms with Gasteiger partial charge >= 0.3 is 12.0 Å². The van der Waals surface area contributed by atoms with Crippen LogP contribution in [0.2, 0.25) is 0 Å². The largest absolute Gasteiger partial charge is 0.481 e. The number of piperidine rings is 1. The zero-order chi connectivity index (χ0) is 14.5. The number of likely N-dealkylation sites (tertiary alicyclic amines) is 1. The molecule has 0 aromatic carbocycles. The number of amides is 2. The Balaban J connectivity index is 1.88. The summed E-state index contributed by atoms with van der Waals surface area (Å²) in [4.78, 5) is 25.4. The average molecular weight is 282 g/mol. The van der Waals surface area contributed by atoms with Crippen molar-refractivity contribution in [1.82, 2.24) is 10.2 Å². The molecule has 0 bridgehead atoms. The number of nitrogens with zero attached hydrogens (tertiary/aromatic N) is 1. The molecule has 1 heterocycles. The summed E-state index contributed by atoms with van der Waals surface area (Å²) in [5.41, 5.74) is 0. The van der Waals surface area contributed by atoms with E-state index in [0.29, 0.717) is 12.5 Å². The summed E-state index contributed by atoms with van der Waals surface area (Å²) in [5, 5.41) is 12.2. The van der Waals surface area contributed by atoms with E-state index < -0.39 is 5.97 Å². The van der Waals surface area contributed by atoms with Crippen LogP contribution in [0, 0.1) is 5.92 Å². The molecule has 1 saturated carbocycles. The second-order valence-corrected chi connectivity index (χ2v) is 6.10. The van der Waals surface area contributed by atoms with Gasteiger partial charge in [0.05, 0.1) is 5.92 Å². The lowest BCUT2D eigenvalue weighted by Crippen LogP contribution is -2.52. The molecule has 2 aliphatic rings. The van der Waals surface area contributed by atoms with Gasteiger partial charge in [0.15, 0.2) is 0 Å². The van der Waals surface area contributed by atoms with E-state index in [1.807, 2.05) is 4.90 Å². The van der Waals surface area contributed by atoms with Crippen LogP contribution in [0.25, 0.3) is 0 Å². The number of carboxylic acid groups (broad SMARTS) is 1. The van der Waals surface area contributed by atoms with Crippen LogP contribution in [0.4, 0.5) is 4.79 Å². The van der Waals surface area contributed by atoms with E-state index in [4.69, 9.17) is 5.11 Å². The molecule has 1 aliphatic heterocycles. The highest BCUT2D eigenvalue weighted by Crippen LogP contribution is 2.25. The maximum absolute atomic E-state index is 12.4. The van der Waals surface area contributed by atoms with Gasteiger partial charge in [-0.2, -0.15) is 0 Å². The zero-order valence-corrected chi connectivity index (χ0v) is 12.3. The molecule has 2 fully saturated rings. The Bertz CT molecular complexity index is 359. The Hall–Kier alpha value is -1.26. The fraction of sp³-hybridized carbons (Fsp3) is 0.867. The van der Waals surface area contributed by atoms with Crippen molar-refractivity contribution in [3.8, 4) is 0 Å². The van der Waals surface area contributed by atoms with Crippen molar-refractivity contribution < 1.29 is 14.7 Å². The first-order valence-corrected chi connectivity index (χ1v) is 7.91. The first kappa shape index (κ1) is 15.1. The second kappa shape index (κ2) is 6.95. The van der Waals surface area contributed by atoms with Gasteiger partial charge in [0.25, 0.3) is 0 Å². The average Bonchev–Trinajstić information content (AvgIpc) is 2.47. The van der Waals surface area contributed by atoms with Crippen LogP contribution in [0.15, 0.2) is 0 Å². The molecule has 20 heavy (non-hydrogen) atoms. The molecule has 5 heteroatoms. The first-order valence-electron chi connectivity index (χ1n) is 7.91. The molecule has 0 spiro atoms. The molecule has 1 saturated heterocycles. The Kier molecular flexibility index (Phi) is 5.26. The van der Waals surface area contributed by atoms with Crippen molar-refractivity contribution in [1.29, 1.82) is 0 Å². The van der Waals surface area contributed by atoms with Crippen molar-refractivity contribution in [2.75, 3.05) is 6.54 Å². The number of carbonyl (C=O) groups excluding carboxylic acids is 1. The molecule has 1 aliphatic carbocycles. The molecular weight excluding hydrogens is 256 g/mol. The summed E-state index contributed by atoms with van der Waals surface area (Å²) in [6.07, 6.45) is 7.47. The van der Waals surface area contributed by atoms with Gasteiger partial charge in [-0.25, -0.2) is 4.79 Å². The highest BCUT2D eigenvalue weighted by atomic mass is 16.4. The maximum Gasteiger partial charge on any atom is 0.317 e. The summed E-state index contributed by atoms with van der Waals surface area (Å²) in [7, 11) is 0. The van der Waals surface area contributed by atoms with E-state index in [0.717, 1.165) is 45.1 Å². The molecule has 2 N–H and O–H groups in total. The van der Waals surface area contributed by atoms with Crippen molar-refractivity contribution in [2.24, 2.45) is 5.92 Å². The normalized spacial score (nSPS) is 30.9. The van der Waals surface area contributed by atoms with Crippen LogP contribution in [-0.4, -0.2) is 40.6 Å². The van der Waals surface area contributed by atoms with E-state index in [-0.39, 0.29) is 18.0 Å². The predicted molar refractivity (Wildman–Crippen MR) is 76.5 cm³/mol. The molecule has 2 amide bonds. The molecule has 0 aromatic rings. The van der Waals surface area contributed by atoms with Gasteiger partial charge in [0, 0.05) is 18.6 Å². The highest BCUT2D eigenvalue weighted by molar-refractivity contribution is 5.75. The number of urea groups is 1. The fourth-order valence-electron chi connectivity index (χ4n) is 3.50. The lowest BCUT2D eigenvalue weighted by Gasteiger charge is -2.37. The third-order valence-electron chi connectivity index (χ3n) is 4.71. The minimum atomic E-state index is -0.728. The van der Waals surface area contributed by atoms with Gasteiger partial charge in [-0.3, -0.25) is 4.79 Å². The second-order valence-electron chi connectivity index (χ2n) is 6.10. The van der Waals surface area contributed by atoms with E-state index in [1.54, 1.807) is 0 Å². The van der Waals surface area contributed by atoms with E-state index in [9.17, 15) is 9.59 Å². The summed E-state index contributed by atoms with van der Waals surface area (Å²) < 4.78 is 0. The van der Waals surface area contributed by atoms with Crippen LogP contribution < -0.4 is 5.32 Å². The van der Waals surface area contributed by atoms with Crippen molar-refractivity contribution in [3.05, 3.63) is 0 Å². The molecule has 5 nitrogen and oxygen atoms in total. The molecular formula is C15H26N2O3. The van der Waals surface area contributed by atoms with Gasteiger partial charge in [0.2, 0.25) is 0 Å². The molecule has 2 rings (SSSR count).